The van der Waals surface area contributed by atoms with E-state index in [1.807, 2.05) is 0 Å². The molecule has 2 amide bonds. The molecule has 0 unspecified atom stereocenters. The molecule has 0 saturated carbocycles. The smallest absolute Gasteiger partial charge is 0.407 e. The Morgan fingerprint density at radius 1 is 1.71 bits per heavy atom. The number of carbonyl (C=O) groups excluding carboxylic acids is 1. The van der Waals surface area contributed by atoms with Gasteiger partial charge in [0, 0.05) is 39.6 Å². The van der Waals surface area contributed by atoms with Gasteiger partial charge in [0.1, 0.15) is 0 Å². The predicted octanol–water partition coefficient (Wildman–Crippen LogP) is 0.182. The number of nitrogens with zero attached hydrogens (tertiary/aromatic N) is 2. The SMILES string of the molecule is CN(C[C@H](N)C[C@@H]1CCC(=O)N(C)C1)C(=O)O. The number of carbonyl (C=O) groups is 2. The molecular formula is C11H21N3O3. The minimum Gasteiger partial charge on any atom is -0.465 e. The third-order valence-corrected chi connectivity index (χ3v) is 3.20. The third-order valence-electron chi connectivity index (χ3n) is 3.20. The fourth-order valence-corrected chi connectivity index (χ4v) is 2.22. The molecule has 2 atom stereocenters. The van der Waals surface area contributed by atoms with E-state index in [0.29, 0.717) is 18.9 Å². The molecule has 6 heteroatoms. The Labute approximate surface area is 101 Å². The van der Waals surface area contributed by atoms with Gasteiger partial charge in [0.05, 0.1) is 0 Å². The minimum atomic E-state index is -0.962. The van der Waals surface area contributed by atoms with Gasteiger partial charge in [-0.3, -0.25) is 4.79 Å². The van der Waals surface area contributed by atoms with Crippen molar-refractivity contribution in [3.8, 4) is 0 Å². The van der Waals surface area contributed by atoms with Gasteiger partial charge in [-0.05, 0) is 18.8 Å². The molecule has 3 N–H and O–H groups in total. The number of carboxylic acid groups (broad SMARTS) is 1. The van der Waals surface area contributed by atoms with E-state index in [1.165, 1.54) is 11.9 Å². The molecule has 1 aliphatic rings. The van der Waals surface area contributed by atoms with Crippen LogP contribution >= 0.6 is 0 Å². The van der Waals surface area contributed by atoms with Gasteiger partial charge < -0.3 is 20.6 Å². The van der Waals surface area contributed by atoms with Crippen LogP contribution in [-0.2, 0) is 4.79 Å². The van der Waals surface area contributed by atoms with Gasteiger partial charge in [-0.2, -0.15) is 0 Å². The molecule has 0 radical (unpaired) electrons. The van der Waals surface area contributed by atoms with Crippen molar-refractivity contribution in [2.24, 2.45) is 11.7 Å². The first-order valence-electron chi connectivity index (χ1n) is 5.83. The lowest BCUT2D eigenvalue weighted by atomic mass is 9.91. The van der Waals surface area contributed by atoms with Crippen LogP contribution in [0.2, 0.25) is 0 Å². The second kappa shape index (κ2) is 5.86. The van der Waals surface area contributed by atoms with Gasteiger partial charge in [-0.15, -0.1) is 0 Å². The van der Waals surface area contributed by atoms with Crippen molar-refractivity contribution in [2.75, 3.05) is 27.2 Å². The van der Waals surface area contributed by atoms with Crippen molar-refractivity contribution in [2.45, 2.75) is 25.3 Å². The molecule has 0 aromatic carbocycles. The molecule has 0 aliphatic carbocycles. The van der Waals surface area contributed by atoms with Crippen LogP contribution in [0.1, 0.15) is 19.3 Å². The maximum atomic E-state index is 11.3. The van der Waals surface area contributed by atoms with Crippen molar-refractivity contribution in [3.05, 3.63) is 0 Å². The van der Waals surface area contributed by atoms with Crippen LogP contribution in [0.15, 0.2) is 0 Å². The summed E-state index contributed by atoms with van der Waals surface area (Å²) in [6.45, 7) is 1.06. The summed E-state index contributed by atoms with van der Waals surface area (Å²) in [6, 6.07) is -0.164. The number of nitrogens with two attached hydrogens (primary N) is 1. The van der Waals surface area contributed by atoms with E-state index in [0.717, 1.165) is 19.4 Å². The molecule has 0 aromatic rings. The lowest BCUT2D eigenvalue weighted by Gasteiger charge is -2.31. The molecule has 0 aromatic heterocycles. The van der Waals surface area contributed by atoms with Gasteiger partial charge in [0.15, 0.2) is 0 Å². The number of rotatable bonds is 4. The summed E-state index contributed by atoms with van der Waals surface area (Å²) in [5.74, 6) is 0.562. The van der Waals surface area contributed by atoms with E-state index in [2.05, 4.69) is 0 Å². The van der Waals surface area contributed by atoms with Crippen molar-refractivity contribution in [1.29, 1.82) is 0 Å². The summed E-state index contributed by atoms with van der Waals surface area (Å²) in [5, 5.41) is 8.73. The van der Waals surface area contributed by atoms with Gasteiger partial charge in [0.2, 0.25) is 5.91 Å². The normalized spacial score (nSPS) is 22.4. The summed E-state index contributed by atoms with van der Waals surface area (Å²) in [5.41, 5.74) is 5.91. The van der Waals surface area contributed by atoms with Crippen LogP contribution in [0.5, 0.6) is 0 Å². The summed E-state index contributed by atoms with van der Waals surface area (Å²) >= 11 is 0. The molecule has 98 valence electrons. The first-order valence-corrected chi connectivity index (χ1v) is 5.83. The maximum Gasteiger partial charge on any atom is 0.407 e. The Kier molecular flexibility index (Phi) is 4.74. The van der Waals surface area contributed by atoms with E-state index < -0.39 is 6.09 Å². The molecule has 0 bridgehead atoms. The molecule has 1 heterocycles. The van der Waals surface area contributed by atoms with Crippen LogP contribution in [0.25, 0.3) is 0 Å². The van der Waals surface area contributed by atoms with Crippen LogP contribution in [-0.4, -0.2) is 60.1 Å². The second-order valence-corrected chi connectivity index (χ2v) is 4.84. The minimum absolute atomic E-state index is 0.164. The zero-order valence-electron chi connectivity index (χ0n) is 10.4. The predicted molar refractivity (Wildman–Crippen MR) is 63.6 cm³/mol. The van der Waals surface area contributed by atoms with E-state index in [1.54, 1.807) is 11.9 Å². The Balaban J connectivity index is 2.34. The number of piperidine rings is 1. The Morgan fingerprint density at radius 2 is 2.35 bits per heavy atom. The van der Waals surface area contributed by atoms with Crippen molar-refractivity contribution >= 4 is 12.0 Å². The topological polar surface area (TPSA) is 86.9 Å². The average molecular weight is 243 g/mol. The van der Waals surface area contributed by atoms with Crippen molar-refractivity contribution in [3.63, 3.8) is 0 Å². The average Bonchev–Trinajstić information content (AvgIpc) is 2.23. The first kappa shape index (κ1) is 13.8. The highest BCUT2D eigenvalue weighted by Crippen LogP contribution is 2.20. The number of likely N-dealkylation sites (tertiary alicyclic amines) is 1. The van der Waals surface area contributed by atoms with Gasteiger partial charge in [-0.25, -0.2) is 4.79 Å². The summed E-state index contributed by atoms with van der Waals surface area (Å²) in [6.07, 6.45) is 1.22. The molecule has 6 nitrogen and oxygen atoms in total. The standard InChI is InChI=1S/C11H21N3O3/c1-13-6-8(3-4-10(13)15)5-9(12)7-14(2)11(16)17/h8-9H,3-7,12H2,1-2H3,(H,16,17)/t8-,9+/m0/s1. The van der Waals surface area contributed by atoms with Crippen LogP contribution in [0.4, 0.5) is 4.79 Å². The summed E-state index contributed by atoms with van der Waals surface area (Å²) in [4.78, 5) is 24.9. The zero-order valence-corrected chi connectivity index (χ0v) is 10.4. The summed E-state index contributed by atoms with van der Waals surface area (Å²) in [7, 11) is 3.31. The second-order valence-electron chi connectivity index (χ2n) is 4.84. The van der Waals surface area contributed by atoms with Crippen molar-refractivity contribution < 1.29 is 14.7 Å². The summed E-state index contributed by atoms with van der Waals surface area (Å²) < 4.78 is 0. The van der Waals surface area contributed by atoms with Crippen LogP contribution < -0.4 is 5.73 Å². The highest BCUT2D eigenvalue weighted by molar-refractivity contribution is 5.76. The Bertz CT molecular complexity index is 296. The Morgan fingerprint density at radius 3 is 2.88 bits per heavy atom. The van der Waals surface area contributed by atoms with Crippen LogP contribution in [0, 0.1) is 5.92 Å². The lowest BCUT2D eigenvalue weighted by molar-refractivity contribution is -0.133. The number of amides is 2. The van der Waals surface area contributed by atoms with E-state index in [4.69, 9.17) is 10.8 Å². The van der Waals surface area contributed by atoms with Crippen LogP contribution in [0.3, 0.4) is 0 Å². The molecule has 1 saturated heterocycles. The zero-order chi connectivity index (χ0) is 13.0. The van der Waals surface area contributed by atoms with E-state index in [-0.39, 0.29) is 11.9 Å². The molecule has 1 fully saturated rings. The highest BCUT2D eigenvalue weighted by atomic mass is 16.4. The quantitative estimate of drug-likeness (QED) is 0.737. The molecular weight excluding hydrogens is 222 g/mol. The van der Waals surface area contributed by atoms with Crippen molar-refractivity contribution in [1.82, 2.24) is 9.80 Å². The number of hydrogen-bond acceptors (Lipinski definition) is 3. The third kappa shape index (κ3) is 4.22. The largest absolute Gasteiger partial charge is 0.465 e. The fourth-order valence-electron chi connectivity index (χ4n) is 2.22. The number of likely N-dealkylation sites (N-methyl/N-ethyl adjacent to an activating group) is 1. The number of hydrogen-bond donors (Lipinski definition) is 2. The lowest BCUT2D eigenvalue weighted by Crippen LogP contribution is -2.43. The monoisotopic (exact) mass is 243 g/mol. The molecule has 0 spiro atoms. The van der Waals surface area contributed by atoms with Gasteiger partial charge >= 0.3 is 6.09 Å². The van der Waals surface area contributed by atoms with Gasteiger partial charge in [-0.1, -0.05) is 0 Å². The Hall–Kier alpha value is -1.30. The molecule has 1 rings (SSSR count). The van der Waals surface area contributed by atoms with Gasteiger partial charge in [0.25, 0.3) is 0 Å². The van der Waals surface area contributed by atoms with E-state index >= 15 is 0 Å². The molecule has 17 heavy (non-hydrogen) atoms. The fraction of sp³-hybridized carbons (Fsp3) is 0.818. The molecule has 1 aliphatic heterocycles. The highest BCUT2D eigenvalue weighted by Gasteiger charge is 2.25. The van der Waals surface area contributed by atoms with E-state index in [9.17, 15) is 9.59 Å². The first-order chi connectivity index (χ1) is 7.90. The maximum absolute atomic E-state index is 11.3.